The minimum Gasteiger partial charge on any atom is -0.201 e. The Morgan fingerprint density at radius 1 is 0.800 bits per heavy atom. The topological polar surface area (TPSA) is 3.01 Å². The molecule has 0 aliphatic rings. The first-order valence-corrected chi connectivity index (χ1v) is 5.04. The van der Waals surface area contributed by atoms with Crippen LogP contribution in [0.2, 0.25) is 0 Å². The van der Waals surface area contributed by atoms with Crippen molar-refractivity contribution in [1.29, 1.82) is 0 Å². The zero-order chi connectivity index (χ0) is 10.5. The van der Waals surface area contributed by atoms with Crippen LogP contribution in [-0.2, 0) is 0 Å². The van der Waals surface area contributed by atoms with Crippen LogP contribution in [0, 0.1) is 0 Å². The van der Waals surface area contributed by atoms with E-state index >= 15 is 0 Å². The highest BCUT2D eigenvalue weighted by Crippen LogP contribution is 2.08. The van der Waals surface area contributed by atoms with Crippen molar-refractivity contribution in [2.24, 2.45) is 0 Å². The van der Waals surface area contributed by atoms with Crippen molar-refractivity contribution >= 4 is 11.9 Å². The molecule has 0 saturated carbocycles. The Balaban J connectivity index is 2.29. The van der Waals surface area contributed by atoms with Crippen molar-refractivity contribution < 1.29 is 4.58 Å². The first-order valence-electron chi connectivity index (χ1n) is 5.04. The van der Waals surface area contributed by atoms with Crippen molar-refractivity contribution in [2.45, 2.75) is 0 Å². The Bertz CT molecular complexity index is 443. The van der Waals surface area contributed by atoms with Crippen LogP contribution in [-0.4, -0.2) is 17.8 Å². The van der Waals surface area contributed by atoms with Gasteiger partial charge in [-0.25, -0.2) is 4.58 Å². The third-order valence-corrected chi connectivity index (χ3v) is 2.31. The second-order valence-corrected chi connectivity index (χ2v) is 3.49. The second-order valence-electron chi connectivity index (χ2n) is 3.49. The maximum absolute atomic E-state index is 2.12. The SMILES string of the molecule is C[N+](=Cc1ccccc1)c1ccccc1. The van der Waals surface area contributed by atoms with Gasteiger partial charge in [-0.05, 0) is 12.1 Å². The Hall–Kier alpha value is -1.89. The molecule has 2 aromatic rings. The van der Waals surface area contributed by atoms with Gasteiger partial charge < -0.3 is 0 Å². The van der Waals surface area contributed by atoms with Crippen LogP contribution >= 0.6 is 0 Å². The molecular formula is C14H14N+. The van der Waals surface area contributed by atoms with Crippen LogP contribution in [0.3, 0.4) is 0 Å². The van der Waals surface area contributed by atoms with Crippen LogP contribution < -0.4 is 0 Å². The Kier molecular flexibility index (Phi) is 2.93. The van der Waals surface area contributed by atoms with E-state index in [1.54, 1.807) is 0 Å². The molecule has 0 bridgehead atoms. The molecule has 0 N–H and O–H groups in total. The van der Waals surface area contributed by atoms with E-state index in [4.69, 9.17) is 0 Å². The summed E-state index contributed by atoms with van der Waals surface area (Å²) in [6.45, 7) is 0. The minimum atomic E-state index is 1.20. The van der Waals surface area contributed by atoms with Crippen molar-refractivity contribution in [3.63, 3.8) is 0 Å². The Labute approximate surface area is 90.3 Å². The molecule has 0 atom stereocenters. The van der Waals surface area contributed by atoms with E-state index in [-0.39, 0.29) is 0 Å². The van der Waals surface area contributed by atoms with E-state index in [9.17, 15) is 0 Å². The molecule has 0 aliphatic carbocycles. The molecule has 15 heavy (non-hydrogen) atoms. The molecule has 0 unspecified atom stereocenters. The highest BCUT2D eigenvalue weighted by Gasteiger charge is 2.00. The molecule has 0 radical (unpaired) electrons. The fourth-order valence-electron chi connectivity index (χ4n) is 1.50. The van der Waals surface area contributed by atoms with Gasteiger partial charge in [0.2, 0.25) is 5.69 Å². The molecule has 74 valence electrons. The molecule has 0 aliphatic heterocycles. The molecular weight excluding hydrogens is 182 g/mol. The number of rotatable bonds is 2. The quantitative estimate of drug-likeness (QED) is 0.513. The molecule has 0 aromatic heterocycles. The van der Waals surface area contributed by atoms with E-state index in [0.717, 1.165) is 0 Å². The first-order chi connectivity index (χ1) is 7.36. The number of benzene rings is 2. The number of para-hydroxylation sites is 1. The number of nitrogens with zero attached hydrogens (tertiary/aromatic N) is 1. The molecule has 2 rings (SSSR count). The fraction of sp³-hybridized carbons (Fsp3) is 0.0714. The highest BCUT2D eigenvalue weighted by molar-refractivity contribution is 5.76. The van der Waals surface area contributed by atoms with Gasteiger partial charge in [0.1, 0.15) is 7.05 Å². The Morgan fingerprint density at radius 2 is 1.33 bits per heavy atom. The fourth-order valence-corrected chi connectivity index (χ4v) is 1.50. The average molecular weight is 196 g/mol. The predicted octanol–water partition coefficient (Wildman–Crippen LogP) is 3.08. The van der Waals surface area contributed by atoms with Crippen LogP contribution in [0.1, 0.15) is 5.56 Å². The van der Waals surface area contributed by atoms with E-state index in [1.807, 2.05) is 36.4 Å². The molecule has 1 heteroatoms. The number of hydrogen-bond acceptors (Lipinski definition) is 0. The standard InChI is InChI=1S/C14H14N/c1-15(14-10-6-3-7-11-14)12-13-8-4-2-5-9-13/h2-12H,1H3/q+1. The summed E-state index contributed by atoms with van der Waals surface area (Å²) in [6, 6.07) is 20.6. The van der Waals surface area contributed by atoms with Crippen molar-refractivity contribution in [3.05, 3.63) is 66.2 Å². The van der Waals surface area contributed by atoms with Crippen molar-refractivity contribution in [1.82, 2.24) is 0 Å². The monoisotopic (exact) mass is 196 g/mol. The van der Waals surface area contributed by atoms with Gasteiger partial charge in [0, 0.05) is 17.7 Å². The molecule has 0 amide bonds. The molecule has 2 aromatic carbocycles. The largest absolute Gasteiger partial charge is 0.204 e. The zero-order valence-corrected chi connectivity index (χ0v) is 8.80. The maximum Gasteiger partial charge on any atom is 0.204 e. The maximum atomic E-state index is 2.12. The smallest absolute Gasteiger partial charge is 0.201 e. The summed E-state index contributed by atoms with van der Waals surface area (Å²) in [4.78, 5) is 0. The third-order valence-electron chi connectivity index (χ3n) is 2.31. The molecule has 0 fully saturated rings. The summed E-state index contributed by atoms with van der Waals surface area (Å²) in [5, 5.41) is 0. The summed E-state index contributed by atoms with van der Waals surface area (Å²) in [5.41, 5.74) is 2.41. The minimum absolute atomic E-state index is 1.20. The predicted molar refractivity (Wildman–Crippen MR) is 63.9 cm³/mol. The summed E-state index contributed by atoms with van der Waals surface area (Å²) in [6.07, 6.45) is 2.12. The van der Waals surface area contributed by atoms with Gasteiger partial charge in [0.15, 0.2) is 6.21 Å². The Morgan fingerprint density at radius 3 is 1.93 bits per heavy atom. The lowest BCUT2D eigenvalue weighted by atomic mass is 10.2. The van der Waals surface area contributed by atoms with Crippen molar-refractivity contribution in [2.75, 3.05) is 7.05 Å². The van der Waals surface area contributed by atoms with Gasteiger partial charge in [-0.15, -0.1) is 0 Å². The highest BCUT2D eigenvalue weighted by atomic mass is 15.0. The van der Waals surface area contributed by atoms with E-state index in [1.165, 1.54) is 11.3 Å². The second kappa shape index (κ2) is 4.56. The zero-order valence-electron chi connectivity index (χ0n) is 8.80. The van der Waals surface area contributed by atoms with Gasteiger partial charge in [0.05, 0.1) is 0 Å². The van der Waals surface area contributed by atoms with Gasteiger partial charge in [0.25, 0.3) is 0 Å². The molecule has 0 saturated heterocycles. The average Bonchev–Trinajstić information content (AvgIpc) is 2.31. The van der Waals surface area contributed by atoms with Gasteiger partial charge in [-0.2, -0.15) is 0 Å². The third kappa shape index (κ3) is 2.53. The summed E-state index contributed by atoms with van der Waals surface area (Å²) in [7, 11) is 2.06. The van der Waals surface area contributed by atoms with Crippen LogP contribution in [0.4, 0.5) is 5.69 Å². The van der Waals surface area contributed by atoms with Crippen LogP contribution in [0.15, 0.2) is 60.7 Å². The van der Waals surface area contributed by atoms with Crippen molar-refractivity contribution in [3.8, 4) is 0 Å². The van der Waals surface area contributed by atoms with Gasteiger partial charge >= 0.3 is 0 Å². The van der Waals surface area contributed by atoms with Gasteiger partial charge in [-0.3, -0.25) is 0 Å². The number of hydrogen-bond donors (Lipinski definition) is 0. The van der Waals surface area contributed by atoms with Gasteiger partial charge in [-0.1, -0.05) is 36.4 Å². The van der Waals surface area contributed by atoms with Crippen LogP contribution in [0.5, 0.6) is 0 Å². The lowest BCUT2D eigenvalue weighted by molar-refractivity contribution is -0.399. The van der Waals surface area contributed by atoms with E-state index < -0.39 is 0 Å². The lowest BCUT2D eigenvalue weighted by Gasteiger charge is -1.95. The summed E-state index contributed by atoms with van der Waals surface area (Å²) >= 11 is 0. The summed E-state index contributed by atoms with van der Waals surface area (Å²) in [5.74, 6) is 0. The molecule has 1 nitrogen and oxygen atoms in total. The summed E-state index contributed by atoms with van der Waals surface area (Å²) < 4.78 is 2.12. The van der Waals surface area contributed by atoms with Crippen LogP contribution in [0.25, 0.3) is 0 Å². The van der Waals surface area contributed by atoms with E-state index in [2.05, 4.69) is 42.1 Å². The normalized spacial score (nSPS) is 11.4. The molecule has 0 heterocycles. The first kappa shape index (κ1) is 9.66. The molecule has 0 spiro atoms. The van der Waals surface area contributed by atoms with E-state index in [0.29, 0.717) is 0 Å². The lowest BCUT2D eigenvalue weighted by Crippen LogP contribution is -2.00.